The number of hydrogen-bond donors (Lipinski definition) is 6. The molecule has 10 heteroatoms. The Labute approximate surface area is 252 Å². The number of carbonyl (C=O) groups is 4. The number of allylic oxidation sites excluding steroid dienone is 3. The van der Waals surface area contributed by atoms with Gasteiger partial charge in [-0.15, -0.1) is 0 Å². The Morgan fingerprint density at radius 2 is 1.84 bits per heavy atom. The van der Waals surface area contributed by atoms with Crippen molar-refractivity contribution in [2.24, 2.45) is 29.4 Å². The molecule has 0 saturated heterocycles. The highest BCUT2D eigenvalue weighted by atomic mass is 16.3. The van der Waals surface area contributed by atoms with Crippen molar-refractivity contribution in [1.29, 1.82) is 0 Å². The van der Waals surface area contributed by atoms with Crippen LogP contribution in [0.5, 0.6) is 5.75 Å². The number of rotatable bonds is 5. The maximum atomic E-state index is 14.1. The molecule has 4 atom stereocenters. The number of anilines is 1. The van der Waals surface area contributed by atoms with Crippen LogP contribution in [-0.2, 0) is 25.6 Å². The molecule has 0 spiro atoms. The number of nitrogens with one attached hydrogen (secondary N) is 1. The standard InChI is InChI=1S/C34H32N2O8/c1-15(2)24-22-14-18-13-21-20(17-8-5-9-19(12-17)36-33(43)16-6-3-4-7-16)10-11-23(37)26(21)29(39)25(18)30(40)34(22,44)31(41)27(28(24)38)32(35)42/h3-6,8-12,15,18,22,24,37,39,41,44H,7,13-14H2,1-2H3,(H2,35,42)(H,36,43)/t18-,22-,24-,34-/m0/s1. The number of amides is 2. The summed E-state index contributed by atoms with van der Waals surface area (Å²) in [7, 11) is 0. The number of Topliss-reactive ketones (excluding diaryl/α,β-unsaturated/α-hetero) is 2. The minimum absolute atomic E-state index is 0.00617. The fourth-order valence-electron chi connectivity index (χ4n) is 7.35. The molecule has 0 unspecified atom stereocenters. The minimum Gasteiger partial charge on any atom is -0.508 e. The van der Waals surface area contributed by atoms with Crippen LogP contribution in [0.25, 0.3) is 16.9 Å². The monoisotopic (exact) mass is 596 g/mol. The molecule has 4 aliphatic rings. The van der Waals surface area contributed by atoms with Crippen LogP contribution in [0.1, 0.15) is 37.8 Å². The van der Waals surface area contributed by atoms with Crippen molar-refractivity contribution in [2.45, 2.75) is 38.7 Å². The molecule has 44 heavy (non-hydrogen) atoms. The number of aliphatic hydroxyl groups excluding tert-OH is 2. The van der Waals surface area contributed by atoms with E-state index in [1.165, 1.54) is 6.07 Å². The molecule has 2 amide bonds. The van der Waals surface area contributed by atoms with E-state index < -0.39 is 63.8 Å². The highest BCUT2D eigenvalue weighted by molar-refractivity contribution is 6.23. The van der Waals surface area contributed by atoms with E-state index in [0.29, 0.717) is 34.4 Å². The molecule has 0 aromatic heterocycles. The van der Waals surface area contributed by atoms with E-state index in [1.807, 2.05) is 18.2 Å². The third-order valence-corrected chi connectivity index (χ3v) is 9.35. The first-order chi connectivity index (χ1) is 20.9. The van der Waals surface area contributed by atoms with E-state index in [2.05, 4.69) is 5.32 Å². The maximum absolute atomic E-state index is 14.1. The summed E-state index contributed by atoms with van der Waals surface area (Å²) in [5.41, 5.74) is 4.78. The van der Waals surface area contributed by atoms with Crippen molar-refractivity contribution in [1.82, 2.24) is 0 Å². The van der Waals surface area contributed by atoms with Gasteiger partial charge in [0.25, 0.3) is 11.8 Å². The lowest BCUT2D eigenvalue weighted by Gasteiger charge is -2.50. The van der Waals surface area contributed by atoms with Gasteiger partial charge in [-0.1, -0.05) is 50.3 Å². The zero-order valence-corrected chi connectivity index (χ0v) is 24.1. The first-order valence-electron chi connectivity index (χ1n) is 14.5. The molecule has 0 heterocycles. The Balaban J connectivity index is 1.46. The van der Waals surface area contributed by atoms with E-state index in [-0.39, 0.29) is 35.6 Å². The molecule has 2 aromatic rings. The third kappa shape index (κ3) is 4.20. The van der Waals surface area contributed by atoms with Gasteiger partial charge in [0.15, 0.2) is 11.4 Å². The van der Waals surface area contributed by atoms with Gasteiger partial charge < -0.3 is 31.5 Å². The van der Waals surface area contributed by atoms with Gasteiger partial charge in [-0.2, -0.15) is 0 Å². The van der Waals surface area contributed by atoms with Gasteiger partial charge in [-0.05, 0) is 66.0 Å². The van der Waals surface area contributed by atoms with Crippen LogP contribution in [0.2, 0.25) is 0 Å². The lowest BCUT2D eigenvalue weighted by molar-refractivity contribution is -0.155. The lowest BCUT2D eigenvalue weighted by atomic mass is 9.54. The summed E-state index contributed by atoms with van der Waals surface area (Å²) in [6.45, 7) is 3.43. The molecule has 0 bridgehead atoms. The molecule has 0 aliphatic heterocycles. The van der Waals surface area contributed by atoms with E-state index in [0.717, 1.165) is 0 Å². The van der Waals surface area contributed by atoms with Crippen molar-refractivity contribution in [3.63, 3.8) is 0 Å². The highest BCUT2D eigenvalue weighted by Crippen LogP contribution is 2.55. The molecule has 10 nitrogen and oxygen atoms in total. The Kier molecular flexibility index (Phi) is 6.85. The SMILES string of the molecule is CC(C)[C@@H]1C(=O)C(C(N)=O)=C(O)[C@@]2(O)C(=O)C3=C(O)c4c(O)ccc(-c5cccc(NC(=O)C6=CC=CC6)c5)c4C[C@H]3C[C@@H]12. The Morgan fingerprint density at radius 3 is 2.50 bits per heavy atom. The second-order valence-corrected chi connectivity index (χ2v) is 12.2. The predicted molar refractivity (Wildman–Crippen MR) is 161 cm³/mol. The van der Waals surface area contributed by atoms with E-state index in [9.17, 15) is 39.6 Å². The number of hydrogen-bond acceptors (Lipinski definition) is 8. The molecule has 6 rings (SSSR count). The number of nitrogens with two attached hydrogens (primary N) is 1. The minimum atomic E-state index is -2.66. The second kappa shape index (κ2) is 10.3. The average Bonchev–Trinajstić information content (AvgIpc) is 3.50. The number of fused-ring (bicyclic) bond motifs is 3. The van der Waals surface area contributed by atoms with Crippen LogP contribution < -0.4 is 11.1 Å². The number of phenols is 1. The number of phenolic OH excluding ortho intramolecular Hbond substituents is 1. The molecule has 1 fully saturated rings. The summed E-state index contributed by atoms with van der Waals surface area (Å²) in [5, 5.41) is 48.1. The zero-order chi connectivity index (χ0) is 31.7. The summed E-state index contributed by atoms with van der Waals surface area (Å²) >= 11 is 0. The van der Waals surface area contributed by atoms with Gasteiger partial charge >= 0.3 is 0 Å². The van der Waals surface area contributed by atoms with Crippen LogP contribution in [0.15, 0.2) is 77.1 Å². The summed E-state index contributed by atoms with van der Waals surface area (Å²) in [5.74, 6) is -8.40. The van der Waals surface area contributed by atoms with Gasteiger partial charge in [0, 0.05) is 28.7 Å². The lowest BCUT2D eigenvalue weighted by Crippen LogP contribution is -2.62. The molecule has 0 radical (unpaired) electrons. The van der Waals surface area contributed by atoms with Crippen LogP contribution in [-0.4, -0.2) is 49.4 Å². The van der Waals surface area contributed by atoms with E-state index >= 15 is 0 Å². The smallest absolute Gasteiger partial charge is 0.255 e. The molecular formula is C34H32N2O8. The van der Waals surface area contributed by atoms with Gasteiger partial charge in [0.05, 0.1) is 5.56 Å². The first-order valence-corrected chi connectivity index (χ1v) is 14.5. The van der Waals surface area contributed by atoms with Gasteiger partial charge in [0.1, 0.15) is 22.8 Å². The van der Waals surface area contributed by atoms with Crippen molar-refractivity contribution in [3.05, 3.63) is 88.2 Å². The maximum Gasteiger partial charge on any atom is 0.255 e. The number of aromatic hydroxyl groups is 1. The summed E-state index contributed by atoms with van der Waals surface area (Å²) in [4.78, 5) is 52.3. The fourth-order valence-corrected chi connectivity index (χ4v) is 7.35. The third-order valence-electron chi connectivity index (χ3n) is 9.35. The van der Waals surface area contributed by atoms with Crippen molar-refractivity contribution < 1.29 is 39.6 Å². The molecular weight excluding hydrogens is 564 g/mol. The van der Waals surface area contributed by atoms with Crippen molar-refractivity contribution in [3.8, 4) is 16.9 Å². The number of carbonyl (C=O) groups excluding carboxylic acids is 4. The van der Waals surface area contributed by atoms with Crippen LogP contribution in [0, 0.1) is 23.7 Å². The van der Waals surface area contributed by atoms with Gasteiger partial charge in [-0.25, -0.2) is 0 Å². The topological polar surface area (TPSA) is 187 Å². The Hall–Kier alpha value is -4.96. The van der Waals surface area contributed by atoms with E-state index in [4.69, 9.17) is 5.73 Å². The predicted octanol–water partition coefficient (Wildman–Crippen LogP) is 3.80. The van der Waals surface area contributed by atoms with Crippen LogP contribution in [0.3, 0.4) is 0 Å². The number of primary amides is 1. The van der Waals surface area contributed by atoms with Crippen molar-refractivity contribution >= 4 is 34.8 Å². The van der Waals surface area contributed by atoms with Crippen LogP contribution >= 0.6 is 0 Å². The molecule has 1 saturated carbocycles. The fraction of sp³-hybridized carbons (Fsp3) is 0.294. The second-order valence-electron chi connectivity index (χ2n) is 12.2. The summed E-state index contributed by atoms with van der Waals surface area (Å²) in [6, 6.07) is 10.2. The average molecular weight is 597 g/mol. The molecule has 226 valence electrons. The Bertz CT molecular complexity index is 1800. The summed E-state index contributed by atoms with van der Waals surface area (Å²) in [6.07, 6.45) is 6.20. The van der Waals surface area contributed by atoms with Crippen LogP contribution in [0.4, 0.5) is 5.69 Å². The number of ketones is 2. The summed E-state index contributed by atoms with van der Waals surface area (Å²) < 4.78 is 0. The molecule has 2 aromatic carbocycles. The van der Waals surface area contributed by atoms with E-state index in [1.54, 1.807) is 44.2 Å². The highest BCUT2D eigenvalue weighted by Gasteiger charge is 2.64. The largest absolute Gasteiger partial charge is 0.508 e. The molecule has 7 N–H and O–H groups in total. The first kappa shape index (κ1) is 29.1. The zero-order valence-electron chi connectivity index (χ0n) is 24.1. The van der Waals surface area contributed by atoms with Gasteiger partial charge in [0.2, 0.25) is 5.78 Å². The Morgan fingerprint density at radius 1 is 1.09 bits per heavy atom. The van der Waals surface area contributed by atoms with Gasteiger partial charge in [-0.3, -0.25) is 19.2 Å². The normalized spacial score (nSPS) is 25.9. The molecule has 4 aliphatic carbocycles. The number of aliphatic hydroxyl groups is 3. The quantitative estimate of drug-likeness (QED) is 0.281. The number of benzene rings is 2. The van der Waals surface area contributed by atoms with Crippen molar-refractivity contribution in [2.75, 3.05) is 5.32 Å².